The Hall–Kier alpha value is -1.35. The molecular formula is C18H29IN4O2. The van der Waals surface area contributed by atoms with E-state index in [-0.39, 0.29) is 42.5 Å². The van der Waals surface area contributed by atoms with E-state index in [1.807, 2.05) is 42.2 Å². The van der Waals surface area contributed by atoms with E-state index >= 15 is 0 Å². The molecule has 1 aliphatic heterocycles. The number of guanidine groups is 1. The molecule has 25 heavy (non-hydrogen) atoms. The van der Waals surface area contributed by atoms with Crippen molar-refractivity contribution in [1.29, 1.82) is 0 Å². The van der Waals surface area contributed by atoms with Gasteiger partial charge in [0.05, 0.1) is 12.6 Å². The summed E-state index contributed by atoms with van der Waals surface area (Å²) in [4.78, 5) is 18.4. The van der Waals surface area contributed by atoms with Gasteiger partial charge in [-0.2, -0.15) is 0 Å². The van der Waals surface area contributed by atoms with E-state index in [0.29, 0.717) is 19.0 Å². The summed E-state index contributed by atoms with van der Waals surface area (Å²) in [5.41, 5.74) is 1.13. The van der Waals surface area contributed by atoms with Crippen LogP contribution in [0.25, 0.3) is 0 Å². The van der Waals surface area contributed by atoms with Gasteiger partial charge < -0.3 is 20.3 Å². The zero-order chi connectivity index (χ0) is 17.2. The van der Waals surface area contributed by atoms with Crippen molar-refractivity contribution in [2.24, 2.45) is 4.99 Å². The van der Waals surface area contributed by atoms with Gasteiger partial charge in [0.25, 0.3) is 0 Å². The normalized spacial score (nSPS) is 16.9. The first-order chi connectivity index (χ1) is 11.7. The average molecular weight is 460 g/mol. The van der Waals surface area contributed by atoms with Crippen LogP contribution in [0.4, 0.5) is 0 Å². The van der Waals surface area contributed by atoms with E-state index in [1.54, 1.807) is 7.05 Å². The van der Waals surface area contributed by atoms with Crippen molar-refractivity contribution >= 4 is 35.8 Å². The van der Waals surface area contributed by atoms with E-state index in [0.717, 1.165) is 31.6 Å². The Morgan fingerprint density at radius 1 is 1.32 bits per heavy atom. The number of rotatable bonds is 7. The highest BCUT2D eigenvalue weighted by Crippen LogP contribution is 2.10. The summed E-state index contributed by atoms with van der Waals surface area (Å²) < 4.78 is 5.58. The molecule has 0 aromatic heterocycles. The van der Waals surface area contributed by atoms with Crippen LogP contribution in [0, 0.1) is 0 Å². The molecule has 1 unspecified atom stereocenters. The number of carbonyl (C=O) groups excluding carboxylic acids is 1. The molecule has 2 N–H and O–H groups in total. The fraction of sp³-hybridized carbons (Fsp3) is 0.556. The number of hydrogen-bond donors (Lipinski definition) is 2. The van der Waals surface area contributed by atoms with Gasteiger partial charge in [-0.3, -0.25) is 9.79 Å². The lowest BCUT2D eigenvalue weighted by Crippen LogP contribution is -2.46. The van der Waals surface area contributed by atoms with Gasteiger partial charge in [-0.05, 0) is 25.3 Å². The fourth-order valence-electron chi connectivity index (χ4n) is 2.69. The second-order valence-corrected chi connectivity index (χ2v) is 5.84. The van der Waals surface area contributed by atoms with Gasteiger partial charge in [0, 0.05) is 33.3 Å². The molecule has 1 aliphatic rings. The molecule has 2 rings (SSSR count). The standard InChI is InChI=1S/C18H28N4O2.HI/c1-3-22(14-15-8-5-4-6-9-15)17(23)13-21-18(19-2)20-12-16-10-7-11-24-16;/h4-6,8-9,16H,3,7,10-14H2,1-2H3,(H2,19,20,21);1H. The minimum Gasteiger partial charge on any atom is -0.376 e. The highest BCUT2D eigenvalue weighted by atomic mass is 127. The van der Waals surface area contributed by atoms with Crippen LogP contribution in [0.5, 0.6) is 0 Å². The number of carbonyl (C=O) groups is 1. The Bertz CT molecular complexity index is 533. The molecule has 1 saturated heterocycles. The average Bonchev–Trinajstić information content (AvgIpc) is 3.14. The summed E-state index contributed by atoms with van der Waals surface area (Å²) >= 11 is 0. The Morgan fingerprint density at radius 2 is 2.08 bits per heavy atom. The molecule has 1 aromatic carbocycles. The molecule has 0 spiro atoms. The van der Waals surface area contributed by atoms with Crippen LogP contribution in [0.1, 0.15) is 25.3 Å². The number of hydrogen-bond acceptors (Lipinski definition) is 3. The number of likely N-dealkylation sites (N-methyl/N-ethyl adjacent to an activating group) is 1. The number of ether oxygens (including phenoxy) is 1. The van der Waals surface area contributed by atoms with Crippen molar-refractivity contribution in [3.63, 3.8) is 0 Å². The van der Waals surface area contributed by atoms with E-state index in [9.17, 15) is 4.79 Å². The lowest BCUT2D eigenvalue weighted by atomic mass is 10.2. The van der Waals surface area contributed by atoms with Crippen LogP contribution in [0.2, 0.25) is 0 Å². The summed E-state index contributed by atoms with van der Waals surface area (Å²) in [5, 5.41) is 6.30. The predicted octanol–water partition coefficient (Wildman–Crippen LogP) is 2.00. The topological polar surface area (TPSA) is 66.0 Å². The molecule has 0 bridgehead atoms. The molecule has 0 saturated carbocycles. The number of aliphatic imine (C=N–C) groups is 1. The zero-order valence-corrected chi connectivity index (χ0v) is 17.4. The summed E-state index contributed by atoms with van der Waals surface area (Å²) in [6.45, 7) is 5.07. The van der Waals surface area contributed by atoms with Crippen molar-refractivity contribution in [3.8, 4) is 0 Å². The highest BCUT2D eigenvalue weighted by Gasteiger charge is 2.16. The Labute approximate surface area is 167 Å². The second kappa shape index (κ2) is 12.1. The predicted molar refractivity (Wildman–Crippen MR) is 111 cm³/mol. The third kappa shape index (κ3) is 7.60. The van der Waals surface area contributed by atoms with Gasteiger partial charge in [-0.25, -0.2) is 0 Å². The van der Waals surface area contributed by atoms with E-state index < -0.39 is 0 Å². The molecule has 140 valence electrons. The lowest BCUT2D eigenvalue weighted by Gasteiger charge is -2.22. The van der Waals surface area contributed by atoms with E-state index in [2.05, 4.69) is 15.6 Å². The summed E-state index contributed by atoms with van der Waals surface area (Å²) in [6, 6.07) is 10.0. The van der Waals surface area contributed by atoms with Gasteiger partial charge in [0.15, 0.2) is 5.96 Å². The van der Waals surface area contributed by atoms with Crippen LogP contribution in [-0.4, -0.2) is 56.2 Å². The summed E-state index contributed by atoms with van der Waals surface area (Å²) in [5.74, 6) is 0.691. The SMILES string of the molecule is CCN(Cc1ccccc1)C(=O)CNC(=NC)NCC1CCCO1.I. The molecule has 0 aliphatic carbocycles. The number of halogens is 1. The molecule has 0 radical (unpaired) electrons. The minimum absolute atomic E-state index is 0. The maximum absolute atomic E-state index is 12.4. The molecule has 1 heterocycles. The summed E-state index contributed by atoms with van der Waals surface area (Å²) in [7, 11) is 1.71. The maximum atomic E-state index is 12.4. The summed E-state index contributed by atoms with van der Waals surface area (Å²) in [6.07, 6.45) is 2.43. The number of nitrogens with one attached hydrogen (secondary N) is 2. The monoisotopic (exact) mass is 460 g/mol. The van der Waals surface area contributed by atoms with Gasteiger partial charge in [-0.1, -0.05) is 30.3 Å². The van der Waals surface area contributed by atoms with Crippen molar-refractivity contribution < 1.29 is 9.53 Å². The van der Waals surface area contributed by atoms with Crippen molar-refractivity contribution in [2.75, 3.05) is 33.3 Å². The maximum Gasteiger partial charge on any atom is 0.242 e. The third-order valence-corrected chi connectivity index (χ3v) is 4.10. The quantitative estimate of drug-likeness (QED) is 0.371. The molecule has 6 nitrogen and oxygen atoms in total. The van der Waals surface area contributed by atoms with E-state index in [1.165, 1.54) is 0 Å². The third-order valence-electron chi connectivity index (χ3n) is 4.10. The zero-order valence-electron chi connectivity index (χ0n) is 15.0. The largest absolute Gasteiger partial charge is 0.376 e. The Balaban J connectivity index is 0.00000312. The van der Waals surface area contributed by atoms with Crippen LogP contribution >= 0.6 is 24.0 Å². The fourth-order valence-corrected chi connectivity index (χ4v) is 2.69. The van der Waals surface area contributed by atoms with Crippen LogP contribution in [-0.2, 0) is 16.1 Å². The van der Waals surface area contributed by atoms with Gasteiger partial charge in [-0.15, -0.1) is 24.0 Å². The smallest absolute Gasteiger partial charge is 0.242 e. The van der Waals surface area contributed by atoms with Gasteiger partial charge in [0.1, 0.15) is 0 Å². The molecule has 7 heteroatoms. The first kappa shape index (κ1) is 21.7. The first-order valence-electron chi connectivity index (χ1n) is 8.60. The van der Waals surface area contributed by atoms with Gasteiger partial charge >= 0.3 is 0 Å². The minimum atomic E-state index is 0. The van der Waals surface area contributed by atoms with E-state index in [4.69, 9.17) is 4.74 Å². The number of nitrogens with zero attached hydrogens (tertiary/aromatic N) is 2. The number of benzene rings is 1. The van der Waals surface area contributed by atoms with Crippen LogP contribution in [0.15, 0.2) is 35.3 Å². The highest BCUT2D eigenvalue weighted by molar-refractivity contribution is 14.0. The number of amides is 1. The first-order valence-corrected chi connectivity index (χ1v) is 8.60. The molecular weight excluding hydrogens is 431 g/mol. The van der Waals surface area contributed by atoms with Gasteiger partial charge in [0.2, 0.25) is 5.91 Å². The molecule has 1 atom stereocenters. The molecule has 1 fully saturated rings. The lowest BCUT2D eigenvalue weighted by molar-refractivity contribution is -0.130. The Kier molecular flexibility index (Phi) is 10.5. The van der Waals surface area contributed by atoms with Crippen LogP contribution < -0.4 is 10.6 Å². The van der Waals surface area contributed by atoms with Crippen molar-refractivity contribution in [2.45, 2.75) is 32.4 Å². The second-order valence-electron chi connectivity index (χ2n) is 5.84. The molecule has 1 amide bonds. The van der Waals surface area contributed by atoms with Crippen molar-refractivity contribution in [1.82, 2.24) is 15.5 Å². The van der Waals surface area contributed by atoms with Crippen LogP contribution in [0.3, 0.4) is 0 Å². The molecule has 1 aromatic rings. The Morgan fingerprint density at radius 3 is 2.68 bits per heavy atom. The van der Waals surface area contributed by atoms with Crippen molar-refractivity contribution in [3.05, 3.63) is 35.9 Å².